The number of amides is 1. The van der Waals surface area contributed by atoms with Crippen LogP contribution in [0.4, 0.5) is 0 Å². The van der Waals surface area contributed by atoms with Crippen LogP contribution < -0.4 is 10.5 Å². The van der Waals surface area contributed by atoms with Gasteiger partial charge in [0.2, 0.25) is 0 Å². The molecule has 2 aromatic rings. The first-order valence-corrected chi connectivity index (χ1v) is 7.40. The Balaban J connectivity index is 2.18. The summed E-state index contributed by atoms with van der Waals surface area (Å²) in [7, 11) is 0. The van der Waals surface area contributed by atoms with Gasteiger partial charge in [-0.3, -0.25) is 9.59 Å². The molecule has 0 saturated heterocycles. The summed E-state index contributed by atoms with van der Waals surface area (Å²) in [6, 6.07) is 11.7. The number of primary amides is 1. The smallest absolute Gasteiger partial charge is 0.255 e. The summed E-state index contributed by atoms with van der Waals surface area (Å²) >= 11 is 11.8. The van der Waals surface area contributed by atoms with Crippen molar-refractivity contribution in [2.24, 2.45) is 5.73 Å². The van der Waals surface area contributed by atoms with E-state index in [0.29, 0.717) is 21.4 Å². The SMILES string of the molecule is NC(=O)COc1ccccc1C(=O)/C=C/c1ccc(Cl)c(Cl)c1. The topological polar surface area (TPSA) is 69.4 Å². The Hall–Kier alpha value is -2.30. The van der Waals surface area contributed by atoms with Crippen molar-refractivity contribution < 1.29 is 14.3 Å². The normalized spacial score (nSPS) is 10.7. The molecular weight excluding hydrogens is 337 g/mol. The molecule has 0 radical (unpaired) electrons. The van der Waals surface area contributed by atoms with Gasteiger partial charge in [0.25, 0.3) is 5.91 Å². The van der Waals surface area contributed by atoms with Gasteiger partial charge in [0.15, 0.2) is 12.4 Å². The van der Waals surface area contributed by atoms with Crippen molar-refractivity contribution in [2.45, 2.75) is 0 Å². The van der Waals surface area contributed by atoms with Gasteiger partial charge in [-0.2, -0.15) is 0 Å². The molecule has 1 amide bonds. The highest BCUT2D eigenvalue weighted by Gasteiger charge is 2.10. The molecule has 0 aliphatic carbocycles. The average molecular weight is 350 g/mol. The first-order chi connectivity index (χ1) is 11.0. The van der Waals surface area contributed by atoms with Crippen molar-refractivity contribution in [1.29, 1.82) is 0 Å². The second kappa shape index (κ2) is 7.81. The van der Waals surface area contributed by atoms with Crippen molar-refractivity contribution >= 4 is 41.0 Å². The summed E-state index contributed by atoms with van der Waals surface area (Å²) in [4.78, 5) is 23.1. The second-order valence-corrected chi connectivity index (χ2v) is 5.44. The van der Waals surface area contributed by atoms with Crippen LogP contribution in [0.5, 0.6) is 5.75 Å². The van der Waals surface area contributed by atoms with E-state index in [1.165, 1.54) is 6.08 Å². The maximum absolute atomic E-state index is 12.3. The van der Waals surface area contributed by atoms with Crippen LogP contribution in [0, 0.1) is 0 Å². The van der Waals surface area contributed by atoms with E-state index in [-0.39, 0.29) is 12.4 Å². The lowest BCUT2D eigenvalue weighted by molar-refractivity contribution is -0.119. The largest absolute Gasteiger partial charge is 0.483 e. The summed E-state index contributed by atoms with van der Waals surface area (Å²) in [6.07, 6.45) is 3.02. The molecule has 0 atom stereocenters. The third-order valence-electron chi connectivity index (χ3n) is 2.89. The molecule has 23 heavy (non-hydrogen) atoms. The molecule has 0 aliphatic heterocycles. The van der Waals surface area contributed by atoms with Gasteiger partial charge in [-0.1, -0.05) is 47.5 Å². The lowest BCUT2D eigenvalue weighted by atomic mass is 10.1. The fourth-order valence-electron chi connectivity index (χ4n) is 1.82. The monoisotopic (exact) mass is 349 g/mol. The molecular formula is C17H13Cl2NO3. The summed E-state index contributed by atoms with van der Waals surface area (Å²) in [5.74, 6) is -0.579. The van der Waals surface area contributed by atoms with Crippen LogP contribution in [0.1, 0.15) is 15.9 Å². The van der Waals surface area contributed by atoms with Crippen LogP contribution in [0.15, 0.2) is 48.5 Å². The van der Waals surface area contributed by atoms with Gasteiger partial charge in [0.05, 0.1) is 15.6 Å². The van der Waals surface area contributed by atoms with E-state index in [4.69, 9.17) is 33.7 Å². The molecule has 2 aromatic carbocycles. The lowest BCUT2D eigenvalue weighted by Gasteiger charge is -2.07. The molecule has 0 bridgehead atoms. The minimum Gasteiger partial charge on any atom is -0.483 e. The number of rotatable bonds is 6. The number of hydrogen-bond acceptors (Lipinski definition) is 3. The standard InChI is InChI=1S/C17H13Cl2NO3/c18-13-7-5-11(9-14(13)19)6-8-15(21)12-3-1-2-4-16(12)23-10-17(20)22/h1-9H,10H2,(H2,20,22)/b8-6+. The number of carbonyl (C=O) groups excluding carboxylic acids is 2. The van der Waals surface area contributed by atoms with Crippen LogP contribution in [-0.2, 0) is 4.79 Å². The number of benzene rings is 2. The Morgan fingerprint density at radius 2 is 1.83 bits per heavy atom. The fourth-order valence-corrected chi connectivity index (χ4v) is 2.13. The van der Waals surface area contributed by atoms with Crippen LogP contribution >= 0.6 is 23.2 Å². The van der Waals surface area contributed by atoms with Gasteiger partial charge in [-0.15, -0.1) is 0 Å². The molecule has 0 spiro atoms. The molecule has 6 heteroatoms. The summed E-state index contributed by atoms with van der Waals surface area (Å²) in [5.41, 5.74) is 6.12. The van der Waals surface area contributed by atoms with Crippen LogP contribution in [-0.4, -0.2) is 18.3 Å². The predicted molar refractivity (Wildman–Crippen MR) is 91.0 cm³/mol. The number of para-hydroxylation sites is 1. The minimum absolute atomic E-state index is 0.267. The zero-order valence-electron chi connectivity index (χ0n) is 12.0. The van der Waals surface area contributed by atoms with Gasteiger partial charge < -0.3 is 10.5 Å². The van der Waals surface area contributed by atoms with Crippen molar-refractivity contribution in [2.75, 3.05) is 6.61 Å². The van der Waals surface area contributed by atoms with E-state index in [9.17, 15) is 9.59 Å². The van der Waals surface area contributed by atoms with Gasteiger partial charge >= 0.3 is 0 Å². The highest BCUT2D eigenvalue weighted by Crippen LogP contribution is 2.24. The zero-order valence-corrected chi connectivity index (χ0v) is 13.5. The highest BCUT2D eigenvalue weighted by atomic mass is 35.5. The van der Waals surface area contributed by atoms with E-state index in [1.54, 1.807) is 48.5 Å². The maximum atomic E-state index is 12.3. The number of ether oxygens (including phenoxy) is 1. The van der Waals surface area contributed by atoms with Crippen molar-refractivity contribution in [3.8, 4) is 5.75 Å². The van der Waals surface area contributed by atoms with Gasteiger partial charge in [0, 0.05) is 0 Å². The number of halogens is 2. The fraction of sp³-hybridized carbons (Fsp3) is 0.0588. The van der Waals surface area contributed by atoms with E-state index >= 15 is 0 Å². The maximum Gasteiger partial charge on any atom is 0.255 e. The summed E-state index contributed by atoms with van der Waals surface area (Å²) in [6.45, 7) is -0.291. The first kappa shape index (κ1) is 17.1. The Morgan fingerprint density at radius 1 is 1.09 bits per heavy atom. The lowest BCUT2D eigenvalue weighted by Crippen LogP contribution is -2.20. The third-order valence-corrected chi connectivity index (χ3v) is 3.63. The second-order valence-electron chi connectivity index (χ2n) is 4.62. The van der Waals surface area contributed by atoms with Gasteiger partial charge in [-0.25, -0.2) is 0 Å². The molecule has 2 rings (SSSR count). The highest BCUT2D eigenvalue weighted by molar-refractivity contribution is 6.42. The molecule has 0 fully saturated rings. The van der Waals surface area contributed by atoms with Crippen LogP contribution in [0.3, 0.4) is 0 Å². The zero-order chi connectivity index (χ0) is 16.8. The molecule has 0 heterocycles. The molecule has 4 nitrogen and oxygen atoms in total. The number of allylic oxidation sites excluding steroid dienone is 1. The van der Waals surface area contributed by atoms with E-state index in [0.717, 1.165) is 5.56 Å². The first-order valence-electron chi connectivity index (χ1n) is 6.65. The van der Waals surface area contributed by atoms with Gasteiger partial charge in [-0.05, 0) is 35.9 Å². The number of carbonyl (C=O) groups is 2. The Labute approximate surface area is 143 Å². The Bertz CT molecular complexity index is 772. The molecule has 0 aromatic heterocycles. The van der Waals surface area contributed by atoms with Crippen molar-refractivity contribution in [3.05, 3.63) is 69.7 Å². The average Bonchev–Trinajstić information content (AvgIpc) is 2.54. The Kier molecular flexibility index (Phi) is 5.79. The minimum atomic E-state index is -0.612. The van der Waals surface area contributed by atoms with Crippen LogP contribution in [0.25, 0.3) is 6.08 Å². The summed E-state index contributed by atoms with van der Waals surface area (Å²) < 4.78 is 5.24. The molecule has 0 unspecified atom stereocenters. The van der Waals surface area contributed by atoms with E-state index in [1.807, 2.05) is 0 Å². The van der Waals surface area contributed by atoms with E-state index in [2.05, 4.69) is 0 Å². The number of nitrogens with two attached hydrogens (primary N) is 1. The molecule has 0 saturated carbocycles. The van der Waals surface area contributed by atoms with Gasteiger partial charge in [0.1, 0.15) is 5.75 Å². The molecule has 118 valence electrons. The Morgan fingerprint density at radius 3 is 2.52 bits per heavy atom. The molecule has 2 N–H and O–H groups in total. The third kappa shape index (κ3) is 4.84. The predicted octanol–water partition coefficient (Wildman–Crippen LogP) is 3.75. The quantitative estimate of drug-likeness (QED) is 0.637. The van der Waals surface area contributed by atoms with Crippen molar-refractivity contribution in [3.63, 3.8) is 0 Å². The van der Waals surface area contributed by atoms with E-state index < -0.39 is 5.91 Å². The van der Waals surface area contributed by atoms with Crippen LogP contribution in [0.2, 0.25) is 10.0 Å². The number of ketones is 1. The molecule has 0 aliphatic rings. The summed E-state index contributed by atoms with van der Waals surface area (Å²) in [5, 5.41) is 0.854. The number of hydrogen-bond donors (Lipinski definition) is 1. The van der Waals surface area contributed by atoms with Crippen molar-refractivity contribution in [1.82, 2.24) is 0 Å².